The van der Waals surface area contributed by atoms with Gasteiger partial charge in [-0.2, -0.15) is 0 Å². The van der Waals surface area contributed by atoms with E-state index in [1.54, 1.807) is 11.3 Å². The van der Waals surface area contributed by atoms with Crippen molar-refractivity contribution in [2.24, 2.45) is 10.9 Å². The fourth-order valence-electron chi connectivity index (χ4n) is 3.39. The minimum absolute atomic E-state index is 0. The van der Waals surface area contributed by atoms with Gasteiger partial charge < -0.3 is 10.6 Å². The highest BCUT2D eigenvalue weighted by Crippen LogP contribution is 2.29. The van der Waals surface area contributed by atoms with E-state index in [-0.39, 0.29) is 24.0 Å². The van der Waals surface area contributed by atoms with Crippen molar-refractivity contribution in [3.63, 3.8) is 0 Å². The summed E-state index contributed by atoms with van der Waals surface area (Å²) in [4.78, 5) is 14.4. The number of piperidine rings is 1. The van der Waals surface area contributed by atoms with Gasteiger partial charge in [0.1, 0.15) is 5.01 Å². The van der Waals surface area contributed by atoms with E-state index in [4.69, 9.17) is 4.99 Å². The quantitative estimate of drug-likeness (QED) is 0.309. The molecule has 1 fully saturated rings. The van der Waals surface area contributed by atoms with Crippen molar-refractivity contribution < 1.29 is 0 Å². The van der Waals surface area contributed by atoms with Crippen molar-refractivity contribution in [2.45, 2.75) is 46.2 Å². The van der Waals surface area contributed by atoms with Gasteiger partial charge in [0.2, 0.25) is 0 Å². The van der Waals surface area contributed by atoms with Gasteiger partial charge in [0, 0.05) is 29.0 Å². The topological polar surface area (TPSA) is 52.6 Å². The second-order valence-electron chi connectivity index (χ2n) is 7.19. The zero-order valence-electron chi connectivity index (χ0n) is 17.0. The smallest absolute Gasteiger partial charge is 0.191 e. The largest absolute Gasteiger partial charge is 0.357 e. The van der Waals surface area contributed by atoms with Gasteiger partial charge in [-0.3, -0.25) is 4.90 Å². The van der Waals surface area contributed by atoms with Crippen LogP contribution in [0.2, 0.25) is 0 Å². The number of aromatic nitrogens is 1. The van der Waals surface area contributed by atoms with E-state index < -0.39 is 0 Å². The number of hydrogen-bond donors (Lipinski definition) is 2. The molecule has 0 spiro atoms. The van der Waals surface area contributed by atoms with Gasteiger partial charge in [0.25, 0.3) is 0 Å². The molecule has 3 rings (SSSR count). The molecule has 0 aliphatic carbocycles. The van der Waals surface area contributed by atoms with Crippen LogP contribution in [0, 0.1) is 12.8 Å². The van der Waals surface area contributed by atoms with Crippen LogP contribution in [0.1, 0.15) is 47.5 Å². The Balaban J connectivity index is 0.00000280. The number of aliphatic imine (C=N–C) groups is 1. The lowest BCUT2D eigenvalue weighted by Gasteiger charge is -2.36. The molecule has 8 heteroatoms. The lowest BCUT2D eigenvalue weighted by Crippen LogP contribution is -2.45. The highest BCUT2D eigenvalue weighted by Gasteiger charge is 2.25. The Morgan fingerprint density at radius 1 is 1.36 bits per heavy atom. The first-order valence-corrected chi connectivity index (χ1v) is 11.6. The van der Waals surface area contributed by atoms with Crippen LogP contribution in [0.25, 0.3) is 0 Å². The average Bonchev–Trinajstić information content (AvgIpc) is 3.33. The Morgan fingerprint density at radius 3 is 2.75 bits per heavy atom. The van der Waals surface area contributed by atoms with Crippen LogP contribution in [-0.4, -0.2) is 42.0 Å². The molecule has 0 amide bonds. The second kappa shape index (κ2) is 12.1. The average molecular weight is 534 g/mol. The predicted molar refractivity (Wildman–Crippen MR) is 132 cm³/mol. The van der Waals surface area contributed by atoms with Gasteiger partial charge in [0.05, 0.1) is 12.6 Å². The minimum Gasteiger partial charge on any atom is -0.357 e. The number of thiophene rings is 1. The third kappa shape index (κ3) is 6.96. The van der Waals surface area contributed by atoms with Crippen LogP contribution in [-0.2, 0) is 6.54 Å². The summed E-state index contributed by atoms with van der Waals surface area (Å²) in [6.07, 6.45) is 4.50. The number of nitrogens with zero attached hydrogens (tertiary/aromatic N) is 3. The fourth-order valence-corrected chi connectivity index (χ4v) is 4.96. The van der Waals surface area contributed by atoms with E-state index in [1.807, 2.05) is 17.5 Å². The molecule has 2 aromatic heterocycles. The summed E-state index contributed by atoms with van der Waals surface area (Å²) in [5, 5.41) is 10.2. The fraction of sp³-hybridized carbons (Fsp3) is 0.600. The number of hydrogen-bond acceptors (Lipinski definition) is 5. The zero-order chi connectivity index (χ0) is 19.1. The summed E-state index contributed by atoms with van der Waals surface area (Å²) in [6.45, 7) is 11.3. The van der Waals surface area contributed by atoms with Crippen LogP contribution in [0.3, 0.4) is 0 Å². The highest BCUT2D eigenvalue weighted by molar-refractivity contribution is 14.0. The van der Waals surface area contributed by atoms with E-state index in [2.05, 4.69) is 58.8 Å². The molecule has 0 radical (unpaired) electrons. The summed E-state index contributed by atoms with van der Waals surface area (Å²) in [7, 11) is 0. The summed E-state index contributed by atoms with van der Waals surface area (Å²) < 4.78 is 0. The summed E-state index contributed by atoms with van der Waals surface area (Å²) >= 11 is 3.57. The first kappa shape index (κ1) is 23.6. The van der Waals surface area contributed by atoms with Crippen molar-refractivity contribution >= 4 is 52.6 Å². The van der Waals surface area contributed by atoms with E-state index in [9.17, 15) is 0 Å². The Hall–Kier alpha value is -0.710. The van der Waals surface area contributed by atoms with Crippen LogP contribution < -0.4 is 10.6 Å². The Labute approximate surface area is 194 Å². The minimum atomic E-state index is 0. The molecule has 2 aromatic rings. The van der Waals surface area contributed by atoms with Crippen LogP contribution in [0.5, 0.6) is 0 Å². The lowest BCUT2D eigenvalue weighted by atomic mass is 9.97. The number of nitrogens with one attached hydrogen (secondary N) is 2. The maximum Gasteiger partial charge on any atom is 0.191 e. The molecule has 156 valence electrons. The molecule has 1 unspecified atom stereocenters. The first-order valence-electron chi connectivity index (χ1n) is 9.86. The lowest BCUT2D eigenvalue weighted by molar-refractivity contribution is 0.140. The molecule has 1 aliphatic rings. The van der Waals surface area contributed by atoms with Gasteiger partial charge in [-0.1, -0.05) is 13.0 Å². The molecule has 1 saturated heterocycles. The molecule has 1 atom stereocenters. The van der Waals surface area contributed by atoms with E-state index in [0.717, 1.165) is 30.0 Å². The van der Waals surface area contributed by atoms with Gasteiger partial charge >= 0.3 is 0 Å². The number of likely N-dealkylation sites (tertiary alicyclic amines) is 1. The molecule has 0 aromatic carbocycles. The highest BCUT2D eigenvalue weighted by atomic mass is 127. The van der Waals surface area contributed by atoms with E-state index in [0.29, 0.717) is 12.6 Å². The number of halogens is 1. The van der Waals surface area contributed by atoms with Crippen LogP contribution >= 0.6 is 46.7 Å². The molecular formula is C20H32IN5S2. The molecule has 28 heavy (non-hydrogen) atoms. The van der Waals surface area contributed by atoms with Gasteiger partial charge in [0.15, 0.2) is 5.96 Å². The number of aryl methyl sites for hydroxylation is 1. The number of thiazole rings is 1. The van der Waals surface area contributed by atoms with Crippen LogP contribution in [0.15, 0.2) is 28.7 Å². The molecule has 0 saturated carbocycles. The third-order valence-corrected chi connectivity index (χ3v) is 6.85. The second-order valence-corrected chi connectivity index (χ2v) is 9.49. The summed E-state index contributed by atoms with van der Waals surface area (Å²) in [5.74, 6) is 1.72. The van der Waals surface area contributed by atoms with Gasteiger partial charge in [-0.25, -0.2) is 9.98 Å². The molecule has 1 aliphatic heterocycles. The van der Waals surface area contributed by atoms with Crippen molar-refractivity contribution in [3.8, 4) is 0 Å². The number of rotatable bonds is 7. The summed E-state index contributed by atoms with van der Waals surface area (Å²) in [5.41, 5.74) is 0. The standard InChI is InChI=1S/C20H31N5S2.HI/c1-4-21-20(24-14-19-22-12-16(3)27-19)23-13-17(18-6-5-11-26-18)25-9-7-15(2)8-10-25;/h5-6,11-12,15,17H,4,7-10,13-14H2,1-3H3,(H2,21,23,24);1H. The Morgan fingerprint density at radius 2 is 2.14 bits per heavy atom. The van der Waals surface area contributed by atoms with E-state index in [1.165, 1.54) is 35.7 Å². The van der Waals surface area contributed by atoms with Gasteiger partial charge in [-0.05, 0) is 57.1 Å². The first-order chi connectivity index (χ1) is 13.2. The monoisotopic (exact) mass is 533 g/mol. The zero-order valence-corrected chi connectivity index (χ0v) is 20.9. The van der Waals surface area contributed by atoms with Crippen molar-refractivity contribution in [2.75, 3.05) is 26.2 Å². The molecule has 3 heterocycles. The SMILES string of the molecule is CCNC(=NCc1ncc(C)s1)NCC(c1cccs1)N1CCC(C)CC1.I. The molecule has 2 N–H and O–H groups in total. The number of guanidine groups is 1. The Bertz CT molecular complexity index is 708. The van der Waals surface area contributed by atoms with Crippen molar-refractivity contribution in [1.29, 1.82) is 0 Å². The van der Waals surface area contributed by atoms with E-state index >= 15 is 0 Å². The van der Waals surface area contributed by atoms with Gasteiger partial charge in [-0.15, -0.1) is 46.7 Å². The molecule has 5 nitrogen and oxygen atoms in total. The van der Waals surface area contributed by atoms with Crippen LogP contribution in [0.4, 0.5) is 0 Å². The Kier molecular flexibility index (Phi) is 10.2. The maximum absolute atomic E-state index is 4.73. The molecule has 0 bridgehead atoms. The maximum atomic E-state index is 4.73. The van der Waals surface area contributed by atoms with Crippen molar-refractivity contribution in [3.05, 3.63) is 38.5 Å². The predicted octanol–water partition coefficient (Wildman–Crippen LogP) is 4.66. The third-order valence-electron chi connectivity index (χ3n) is 4.98. The summed E-state index contributed by atoms with van der Waals surface area (Å²) in [6, 6.07) is 4.82. The van der Waals surface area contributed by atoms with Crippen molar-refractivity contribution in [1.82, 2.24) is 20.5 Å². The normalized spacial score (nSPS) is 17.2. The molecular weight excluding hydrogens is 501 g/mol.